The van der Waals surface area contributed by atoms with Gasteiger partial charge in [0, 0.05) is 24.2 Å². The summed E-state index contributed by atoms with van der Waals surface area (Å²) in [6.45, 7) is 4.83. The average Bonchev–Trinajstić information content (AvgIpc) is 2.96. The van der Waals surface area contributed by atoms with Crippen LogP contribution in [0.15, 0.2) is 11.6 Å². The Balaban J connectivity index is 0.00000144. The number of rotatable bonds is 5. The van der Waals surface area contributed by atoms with Crippen molar-refractivity contribution in [2.75, 3.05) is 31.1 Å². The molecule has 2 atom stereocenters. The van der Waals surface area contributed by atoms with Crippen LogP contribution in [0.25, 0.3) is 0 Å². The molecule has 124 valence electrons. The van der Waals surface area contributed by atoms with E-state index >= 15 is 0 Å². The number of aromatic nitrogens is 1. The van der Waals surface area contributed by atoms with Gasteiger partial charge in [-0.05, 0) is 61.6 Å². The van der Waals surface area contributed by atoms with Crippen LogP contribution in [0.5, 0.6) is 0 Å². The molecule has 0 amide bonds. The number of nitrogens with one attached hydrogen (secondary N) is 1. The van der Waals surface area contributed by atoms with Crippen LogP contribution >= 0.6 is 35.5 Å². The van der Waals surface area contributed by atoms with E-state index in [9.17, 15) is 0 Å². The molecular formula is C16H26ClN3S2. The van der Waals surface area contributed by atoms with E-state index in [0.717, 1.165) is 18.5 Å². The van der Waals surface area contributed by atoms with E-state index in [1.165, 1.54) is 61.8 Å². The van der Waals surface area contributed by atoms with Crippen molar-refractivity contribution < 1.29 is 0 Å². The van der Waals surface area contributed by atoms with Crippen LogP contribution in [0, 0.1) is 11.3 Å². The SMILES string of the molecule is Cl.c1csc(CN(CC2CCSC2)C2CC23CCNCC3)n1. The molecule has 0 aromatic carbocycles. The van der Waals surface area contributed by atoms with Crippen LogP contribution in [0.2, 0.25) is 0 Å². The van der Waals surface area contributed by atoms with Gasteiger partial charge in [0.1, 0.15) is 5.01 Å². The number of hydrogen-bond donors (Lipinski definition) is 1. The minimum Gasteiger partial charge on any atom is -0.317 e. The van der Waals surface area contributed by atoms with Crippen LogP contribution < -0.4 is 5.32 Å². The van der Waals surface area contributed by atoms with Crippen LogP contribution in [0.1, 0.15) is 30.7 Å². The fraction of sp³-hybridized carbons (Fsp3) is 0.812. The van der Waals surface area contributed by atoms with Gasteiger partial charge in [-0.2, -0.15) is 11.8 Å². The molecule has 6 heteroatoms. The smallest absolute Gasteiger partial charge is 0.107 e. The molecule has 1 saturated carbocycles. The van der Waals surface area contributed by atoms with E-state index in [-0.39, 0.29) is 12.4 Å². The minimum absolute atomic E-state index is 0. The lowest BCUT2D eigenvalue weighted by Gasteiger charge is -2.30. The first kappa shape index (κ1) is 17.0. The highest BCUT2D eigenvalue weighted by atomic mass is 35.5. The zero-order chi connectivity index (χ0) is 14.1. The van der Waals surface area contributed by atoms with E-state index in [0.29, 0.717) is 5.41 Å². The molecule has 0 radical (unpaired) electrons. The van der Waals surface area contributed by atoms with Gasteiger partial charge < -0.3 is 5.32 Å². The van der Waals surface area contributed by atoms with Crippen molar-refractivity contribution in [2.45, 2.75) is 38.3 Å². The molecule has 1 N–H and O–H groups in total. The van der Waals surface area contributed by atoms with Gasteiger partial charge in [-0.15, -0.1) is 23.7 Å². The lowest BCUT2D eigenvalue weighted by Crippen LogP contribution is -2.38. The van der Waals surface area contributed by atoms with Crippen LogP contribution in [-0.2, 0) is 6.54 Å². The summed E-state index contributed by atoms with van der Waals surface area (Å²) in [6.07, 6.45) is 7.56. The molecule has 1 aliphatic carbocycles. The Morgan fingerprint density at radius 2 is 2.23 bits per heavy atom. The Bertz CT molecular complexity index is 456. The maximum atomic E-state index is 4.53. The Labute approximate surface area is 148 Å². The molecule has 4 rings (SSSR count). The lowest BCUT2D eigenvalue weighted by atomic mass is 9.93. The summed E-state index contributed by atoms with van der Waals surface area (Å²) in [5, 5.41) is 6.95. The third-order valence-corrected chi connectivity index (χ3v) is 7.52. The highest BCUT2D eigenvalue weighted by molar-refractivity contribution is 7.99. The zero-order valence-corrected chi connectivity index (χ0v) is 15.4. The molecule has 3 nitrogen and oxygen atoms in total. The third-order valence-electron chi connectivity index (χ3n) is 5.53. The van der Waals surface area contributed by atoms with Crippen molar-refractivity contribution >= 4 is 35.5 Å². The standard InChI is InChI=1S/C16H25N3S2.ClH/c1-7-20-12-13(1)10-19(11-15-18-6-8-21-15)14-9-16(14)2-4-17-5-3-16;/h6,8,13-14,17H,1-5,7,9-12H2;1H. The monoisotopic (exact) mass is 359 g/mol. The van der Waals surface area contributed by atoms with Crippen molar-refractivity contribution in [1.82, 2.24) is 15.2 Å². The van der Waals surface area contributed by atoms with Gasteiger partial charge >= 0.3 is 0 Å². The van der Waals surface area contributed by atoms with Crippen molar-refractivity contribution in [3.05, 3.63) is 16.6 Å². The molecule has 1 aromatic heterocycles. The molecule has 1 spiro atoms. The molecule has 3 heterocycles. The van der Waals surface area contributed by atoms with Crippen LogP contribution in [0.4, 0.5) is 0 Å². The van der Waals surface area contributed by atoms with Gasteiger partial charge in [0.25, 0.3) is 0 Å². The average molecular weight is 360 g/mol. The summed E-state index contributed by atoms with van der Waals surface area (Å²) in [7, 11) is 0. The number of hydrogen-bond acceptors (Lipinski definition) is 5. The molecule has 1 aromatic rings. The number of thiazole rings is 1. The fourth-order valence-corrected chi connectivity index (χ4v) is 6.08. The normalized spacial score (nSPS) is 29.7. The first-order valence-corrected chi connectivity index (χ1v) is 10.3. The van der Waals surface area contributed by atoms with Crippen molar-refractivity contribution in [1.29, 1.82) is 0 Å². The van der Waals surface area contributed by atoms with E-state index in [1.54, 1.807) is 0 Å². The largest absolute Gasteiger partial charge is 0.317 e. The second kappa shape index (κ2) is 7.39. The third kappa shape index (κ3) is 3.64. The Morgan fingerprint density at radius 1 is 1.36 bits per heavy atom. The lowest BCUT2D eigenvalue weighted by molar-refractivity contribution is 0.174. The molecule has 0 bridgehead atoms. The molecule has 2 aliphatic heterocycles. The molecule has 2 saturated heterocycles. The molecule has 2 unspecified atom stereocenters. The Hall–Kier alpha value is 0.190. The Kier molecular flexibility index (Phi) is 5.72. The summed E-state index contributed by atoms with van der Waals surface area (Å²) in [5.74, 6) is 3.65. The van der Waals surface area contributed by atoms with Crippen molar-refractivity contribution in [3.8, 4) is 0 Å². The number of piperidine rings is 1. The van der Waals surface area contributed by atoms with Gasteiger partial charge in [0.05, 0.1) is 6.54 Å². The molecule has 3 aliphatic rings. The highest BCUT2D eigenvalue weighted by Gasteiger charge is 2.56. The number of nitrogens with zero attached hydrogens (tertiary/aromatic N) is 2. The van der Waals surface area contributed by atoms with Gasteiger partial charge in [-0.25, -0.2) is 4.98 Å². The van der Waals surface area contributed by atoms with Gasteiger partial charge in [-0.3, -0.25) is 4.90 Å². The fourth-order valence-electron chi connectivity index (χ4n) is 4.17. The minimum atomic E-state index is 0. The van der Waals surface area contributed by atoms with Gasteiger partial charge in [0.15, 0.2) is 0 Å². The van der Waals surface area contributed by atoms with E-state index in [2.05, 4.69) is 32.3 Å². The quantitative estimate of drug-likeness (QED) is 0.873. The van der Waals surface area contributed by atoms with Gasteiger partial charge in [-0.1, -0.05) is 0 Å². The maximum Gasteiger partial charge on any atom is 0.107 e. The van der Waals surface area contributed by atoms with Crippen LogP contribution in [0.3, 0.4) is 0 Å². The molecule has 3 fully saturated rings. The van der Waals surface area contributed by atoms with E-state index < -0.39 is 0 Å². The first-order chi connectivity index (χ1) is 10.4. The van der Waals surface area contributed by atoms with Crippen molar-refractivity contribution in [3.63, 3.8) is 0 Å². The van der Waals surface area contributed by atoms with Gasteiger partial charge in [0.2, 0.25) is 0 Å². The zero-order valence-electron chi connectivity index (χ0n) is 13.0. The topological polar surface area (TPSA) is 28.2 Å². The highest BCUT2D eigenvalue weighted by Crippen LogP contribution is 2.56. The second-order valence-corrected chi connectivity index (χ2v) is 9.05. The van der Waals surface area contributed by atoms with E-state index in [4.69, 9.17) is 0 Å². The summed E-state index contributed by atoms with van der Waals surface area (Å²) < 4.78 is 0. The molecular weight excluding hydrogens is 334 g/mol. The predicted molar refractivity (Wildman–Crippen MR) is 98.1 cm³/mol. The summed E-state index contributed by atoms with van der Waals surface area (Å²) in [6, 6.07) is 0.828. The number of halogens is 1. The van der Waals surface area contributed by atoms with Crippen molar-refractivity contribution in [2.24, 2.45) is 11.3 Å². The van der Waals surface area contributed by atoms with Crippen LogP contribution in [-0.4, -0.2) is 47.1 Å². The summed E-state index contributed by atoms with van der Waals surface area (Å²) in [4.78, 5) is 7.33. The first-order valence-electron chi connectivity index (χ1n) is 8.27. The predicted octanol–water partition coefficient (Wildman–Crippen LogP) is 3.26. The number of thioether (sulfide) groups is 1. The maximum absolute atomic E-state index is 4.53. The summed E-state index contributed by atoms with van der Waals surface area (Å²) >= 11 is 3.96. The van der Waals surface area contributed by atoms with E-state index in [1.807, 2.05) is 17.5 Å². The molecule has 22 heavy (non-hydrogen) atoms. The Morgan fingerprint density at radius 3 is 2.91 bits per heavy atom. The second-order valence-electron chi connectivity index (χ2n) is 6.92. The summed E-state index contributed by atoms with van der Waals surface area (Å²) in [5.41, 5.74) is 0.647.